The topological polar surface area (TPSA) is 46.5 Å². The predicted octanol–water partition coefficient (Wildman–Crippen LogP) is 2.33. The molecule has 1 aromatic rings. The number of hydrogen-bond acceptors (Lipinski definition) is 2. The summed E-state index contributed by atoms with van der Waals surface area (Å²) in [5.74, 6) is -4.53. The molecule has 0 saturated heterocycles. The molecular formula is C8H5ClF2O3. The molecule has 3 nitrogen and oxygen atoms in total. The van der Waals surface area contributed by atoms with Crippen LogP contribution in [0.1, 0.15) is 10.4 Å². The van der Waals surface area contributed by atoms with Gasteiger partial charge in [-0.25, -0.2) is 13.6 Å². The van der Waals surface area contributed by atoms with Crippen molar-refractivity contribution in [3.05, 3.63) is 28.3 Å². The Balaban J connectivity index is 3.56. The quantitative estimate of drug-likeness (QED) is 0.782. The maximum Gasteiger partial charge on any atom is 0.342 e. The lowest BCUT2D eigenvalue weighted by Gasteiger charge is -2.07. The number of carboxylic acids is 1. The molecule has 0 saturated carbocycles. The van der Waals surface area contributed by atoms with Crippen LogP contribution in [0, 0.1) is 11.6 Å². The normalized spacial score (nSPS) is 10.0. The molecule has 0 fully saturated rings. The zero-order valence-corrected chi connectivity index (χ0v) is 7.73. The summed E-state index contributed by atoms with van der Waals surface area (Å²) in [5, 5.41) is 7.98. The predicted molar refractivity (Wildman–Crippen MR) is 44.9 cm³/mol. The van der Waals surface area contributed by atoms with Crippen molar-refractivity contribution in [1.29, 1.82) is 0 Å². The SMILES string of the molecule is COc1c(F)cc(Cl)c(F)c1C(=O)O. The average molecular weight is 223 g/mol. The van der Waals surface area contributed by atoms with Crippen LogP contribution >= 0.6 is 11.6 Å². The van der Waals surface area contributed by atoms with Gasteiger partial charge >= 0.3 is 5.97 Å². The first-order valence-corrected chi connectivity index (χ1v) is 3.81. The van der Waals surface area contributed by atoms with Gasteiger partial charge in [-0.15, -0.1) is 0 Å². The van der Waals surface area contributed by atoms with E-state index in [0.717, 1.165) is 7.11 Å². The van der Waals surface area contributed by atoms with Crippen molar-refractivity contribution in [1.82, 2.24) is 0 Å². The highest BCUT2D eigenvalue weighted by molar-refractivity contribution is 6.31. The molecule has 0 heterocycles. The van der Waals surface area contributed by atoms with Crippen molar-refractivity contribution in [3.63, 3.8) is 0 Å². The van der Waals surface area contributed by atoms with Crippen molar-refractivity contribution < 1.29 is 23.4 Å². The first kappa shape index (κ1) is 10.7. The van der Waals surface area contributed by atoms with Crippen LogP contribution in [-0.2, 0) is 0 Å². The Kier molecular flexibility index (Phi) is 2.90. The van der Waals surface area contributed by atoms with Gasteiger partial charge in [0, 0.05) is 0 Å². The largest absolute Gasteiger partial charge is 0.493 e. The summed E-state index contributed by atoms with van der Waals surface area (Å²) in [6.45, 7) is 0. The molecule has 0 aliphatic rings. The summed E-state index contributed by atoms with van der Waals surface area (Å²) in [7, 11) is 1.04. The van der Waals surface area contributed by atoms with Crippen molar-refractivity contribution in [3.8, 4) is 5.75 Å². The van der Waals surface area contributed by atoms with Crippen LogP contribution in [-0.4, -0.2) is 18.2 Å². The van der Waals surface area contributed by atoms with E-state index in [2.05, 4.69) is 4.74 Å². The number of hydrogen-bond donors (Lipinski definition) is 1. The molecule has 0 spiro atoms. The minimum atomic E-state index is -1.64. The molecule has 1 aromatic carbocycles. The molecule has 76 valence electrons. The van der Waals surface area contributed by atoms with Crippen LogP contribution in [0.4, 0.5) is 8.78 Å². The monoisotopic (exact) mass is 222 g/mol. The lowest BCUT2D eigenvalue weighted by molar-refractivity contribution is 0.0687. The number of carboxylic acid groups (broad SMARTS) is 1. The molecule has 0 aromatic heterocycles. The van der Waals surface area contributed by atoms with Crippen molar-refractivity contribution in [2.24, 2.45) is 0 Å². The molecule has 0 amide bonds. The molecule has 1 rings (SSSR count). The number of halogens is 3. The van der Waals surface area contributed by atoms with Gasteiger partial charge in [-0.05, 0) is 6.07 Å². The molecule has 0 aliphatic heterocycles. The third kappa shape index (κ3) is 1.63. The van der Waals surface area contributed by atoms with Gasteiger partial charge in [0.2, 0.25) is 0 Å². The Hall–Kier alpha value is -1.36. The molecule has 0 atom stereocenters. The van der Waals surface area contributed by atoms with Gasteiger partial charge in [0.05, 0.1) is 12.1 Å². The zero-order valence-electron chi connectivity index (χ0n) is 6.97. The van der Waals surface area contributed by atoms with Gasteiger partial charge in [0.25, 0.3) is 0 Å². The molecular weight excluding hydrogens is 218 g/mol. The van der Waals surface area contributed by atoms with E-state index < -0.39 is 33.9 Å². The third-order valence-electron chi connectivity index (χ3n) is 1.54. The van der Waals surface area contributed by atoms with Gasteiger partial charge in [-0.2, -0.15) is 0 Å². The highest BCUT2D eigenvalue weighted by Gasteiger charge is 2.23. The van der Waals surface area contributed by atoms with Crippen LogP contribution in [0.2, 0.25) is 5.02 Å². The number of methoxy groups -OCH3 is 1. The number of carbonyl (C=O) groups is 1. The summed E-state index contributed by atoms with van der Waals surface area (Å²) in [6.07, 6.45) is 0. The summed E-state index contributed by atoms with van der Waals surface area (Å²) >= 11 is 5.26. The average Bonchev–Trinajstić information content (AvgIpc) is 2.10. The van der Waals surface area contributed by atoms with Gasteiger partial charge < -0.3 is 9.84 Å². The first-order chi connectivity index (χ1) is 6.49. The summed E-state index contributed by atoms with van der Waals surface area (Å²) < 4.78 is 30.6. The number of rotatable bonds is 2. The highest BCUT2D eigenvalue weighted by atomic mass is 35.5. The lowest BCUT2D eigenvalue weighted by Crippen LogP contribution is -2.06. The summed E-state index contributed by atoms with van der Waals surface area (Å²) in [5.41, 5.74) is -0.905. The second-order valence-corrected chi connectivity index (χ2v) is 2.77. The number of aromatic carboxylic acids is 1. The minimum absolute atomic E-state index is 0.597. The van der Waals surface area contributed by atoms with Crippen LogP contribution in [0.25, 0.3) is 0 Å². The van der Waals surface area contributed by atoms with Gasteiger partial charge in [-0.1, -0.05) is 11.6 Å². The Bertz CT molecular complexity index is 393. The number of benzene rings is 1. The standard InChI is InChI=1S/C8H5ClF2O3/c1-14-7-4(10)2-3(9)6(11)5(7)8(12)13/h2H,1H3,(H,12,13). The van der Waals surface area contributed by atoms with E-state index in [4.69, 9.17) is 16.7 Å². The van der Waals surface area contributed by atoms with Gasteiger partial charge in [0.15, 0.2) is 17.4 Å². The summed E-state index contributed by atoms with van der Waals surface area (Å²) in [4.78, 5) is 10.6. The molecule has 0 unspecified atom stereocenters. The Morgan fingerprint density at radius 1 is 1.57 bits per heavy atom. The van der Waals surface area contributed by atoms with E-state index in [0.29, 0.717) is 6.07 Å². The molecule has 0 aliphatic carbocycles. The van der Waals surface area contributed by atoms with E-state index in [9.17, 15) is 13.6 Å². The molecule has 1 N–H and O–H groups in total. The lowest BCUT2D eigenvalue weighted by atomic mass is 10.2. The molecule has 0 bridgehead atoms. The zero-order chi connectivity index (χ0) is 10.9. The molecule has 0 radical (unpaired) electrons. The Morgan fingerprint density at radius 3 is 2.57 bits per heavy atom. The van der Waals surface area contributed by atoms with Crippen LogP contribution in [0.15, 0.2) is 6.07 Å². The van der Waals surface area contributed by atoms with Gasteiger partial charge in [-0.3, -0.25) is 0 Å². The Morgan fingerprint density at radius 2 is 2.14 bits per heavy atom. The fraction of sp³-hybridized carbons (Fsp3) is 0.125. The van der Waals surface area contributed by atoms with E-state index in [-0.39, 0.29) is 0 Å². The second-order valence-electron chi connectivity index (χ2n) is 2.37. The summed E-state index contributed by atoms with van der Waals surface area (Å²) in [6, 6.07) is 0.655. The van der Waals surface area contributed by atoms with E-state index in [1.165, 1.54) is 0 Å². The highest BCUT2D eigenvalue weighted by Crippen LogP contribution is 2.30. The van der Waals surface area contributed by atoms with Crippen molar-refractivity contribution in [2.75, 3.05) is 7.11 Å². The smallest absolute Gasteiger partial charge is 0.342 e. The maximum atomic E-state index is 13.1. The minimum Gasteiger partial charge on any atom is -0.493 e. The fourth-order valence-electron chi connectivity index (χ4n) is 0.969. The fourth-order valence-corrected chi connectivity index (χ4v) is 1.16. The Labute approximate surface area is 82.9 Å². The van der Waals surface area contributed by atoms with Crippen LogP contribution in [0.3, 0.4) is 0 Å². The van der Waals surface area contributed by atoms with Crippen LogP contribution < -0.4 is 4.74 Å². The van der Waals surface area contributed by atoms with E-state index in [1.54, 1.807) is 0 Å². The van der Waals surface area contributed by atoms with E-state index >= 15 is 0 Å². The van der Waals surface area contributed by atoms with E-state index in [1.807, 2.05) is 0 Å². The van der Waals surface area contributed by atoms with Crippen LogP contribution in [0.5, 0.6) is 5.75 Å². The van der Waals surface area contributed by atoms with Gasteiger partial charge in [0.1, 0.15) is 5.56 Å². The molecule has 14 heavy (non-hydrogen) atoms. The molecule has 6 heteroatoms. The van der Waals surface area contributed by atoms with Crippen molar-refractivity contribution >= 4 is 17.6 Å². The first-order valence-electron chi connectivity index (χ1n) is 3.43. The third-order valence-corrected chi connectivity index (χ3v) is 1.82. The maximum absolute atomic E-state index is 13.1. The number of ether oxygens (including phenoxy) is 1. The second kappa shape index (κ2) is 3.79. The van der Waals surface area contributed by atoms with Crippen molar-refractivity contribution in [2.45, 2.75) is 0 Å².